The topological polar surface area (TPSA) is 50.2 Å². The molecule has 0 spiro atoms. The summed E-state index contributed by atoms with van der Waals surface area (Å²) in [4.78, 5) is 15.1. The lowest BCUT2D eigenvalue weighted by Crippen LogP contribution is -1.96. The van der Waals surface area contributed by atoms with Crippen LogP contribution in [0.5, 0.6) is 0 Å². The first-order valence-corrected chi connectivity index (χ1v) is 5.49. The van der Waals surface area contributed by atoms with Crippen molar-refractivity contribution in [3.8, 4) is 0 Å². The second kappa shape index (κ2) is 3.33. The van der Waals surface area contributed by atoms with Gasteiger partial charge in [-0.25, -0.2) is 9.78 Å². The minimum absolute atomic E-state index is 0.279. The highest BCUT2D eigenvalue weighted by molar-refractivity contribution is 9.10. The van der Waals surface area contributed by atoms with Gasteiger partial charge >= 0.3 is 5.97 Å². The van der Waals surface area contributed by atoms with Gasteiger partial charge in [0.15, 0.2) is 0 Å². The minimum atomic E-state index is -0.926. The van der Waals surface area contributed by atoms with Crippen molar-refractivity contribution < 1.29 is 9.90 Å². The van der Waals surface area contributed by atoms with Crippen molar-refractivity contribution in [1.82, 2.24) is 4.98 Å². The predicted octanol–water partition coefficient (Wildman–Crippen LogP) is 3.07. The van der Waals surface area contributed by atoms with E-state index in [0.29, 0.717) is 4.47 Å². The number of aryl methyl sites for hydroxylation is 1. The summed E-state index contributed by atoms with van der Waals surface area (Å²) < 4.78 is 1.48. The van der Waals surface area contributed by atoms with Gasteiger partial charge in [-0.1, -0.05) is 0 Å². The van der Waals surface area contributed by atoms with Crippen LogP contribution in [0.15, 0.2) is 16.6 Å². The molecule has 0 saturated heterocycles. The van der Waals surface area contributed by atoms with E-state index in [-0.39, 0.29) is 5.56 Å². The Hall–Kier alpha value is -0.940. The van der Waals surface area contributed by atoms with E-state index in [0.717, 1.165) is 15.2 Å². The average molecular weight is 272 g/mol. The molecule has 1 aromatic heterocycles. The van der Waals surface area contributed by atoms with Crippen LogP contribution in [0.25, 0.3) is 10.2 Å². The van der Waals surface area contributed by atoms with Gasteiger partial charge in [-0.15, -0.1) is 11.3 Å². The summed E-state index contributed by atoms with van der Waals surface area (Å²) in [5, 5.41) is 9.83. The van der Waals surface area contributed by atoms with Crippen molar-refractivity contribution in [3.63, 3.8) is 0 Å². The van der Waals surface area contributed by atoms with Crippen LogP contribution in [0.2, 0.25) is 0 Å². The number of halogens is 1. The zero-order valence-electron chi connectivity index (χ0n) is 7.24. The third kappa shape index (κ3) is 1.53. The molecular formula is C9H6BrNO2S. The maximum Gasteiger partial charge on any atom is 0.336 e. The molecular weight excluding hydrogens is 266 g/mol. The Morgan fingerprint density at radius 2 is 2.29 bits per heavy atom. The van der Waals surface area contributed by atoms with Crippen LogP contribution in [0.1, 0.15) is 15.4 Å². The van der Waals surface area contributed by atoms with Gasteiger partial charge in [0, 0.05) is 4.47 Å². The van der Waals surface area contributed by atoms with Crippen molar-refractivity contribution in [2.45, 2.75) is 6.92 Å². The normalized spacial score (nSPS) is 10.7. The summed E-state index contributed by atoms with van der Waals surface area (Å²) in [6.45, 7) is 1.90. The van der Waals surface area contributed by atoms with E-state index >= 15 is 0 Å². The Morgan fingerprint density at radius 1 is 1.57 bits per heavy atom. The number of aromatic nitrogens is 1. The number of carboxylic acids is 1. The Balaban J connectivity index is 2.76. The lowest BCUT2D eigenvalue weighted by molar-refractivity contribution is 0.0696. The van der Waals surface area contributed by atoms with Crippen molar-refractivity contribution in [3.05, 3.63) is 27.2 Å². The first-order valence-electron chi connectivity index (χ1n) is 3.88. The smallest absolute Gasteiger partial charge is 0.336 e. The second-order valence-corrected chi connectivity index (χ2v) is 4.93. The molecule has 0 atom stereocenters. The molecule has 0 amide bonds. The number of aromatic carboxylic acids is 1. The lowest BCUT2D eigenvalue weighted by atomic mass is 10.2. The van der Waals surface area contributed by atoms with E-state index in [1.165, 1.54) is 11.3 Å². The van der Waals surface area contributed by atoms with Crippen LogP contribution in [-0.2, 0) is 0 Å². The molecule has 3 nitrogen and oxygen atoms in total. The molecule has 14 heavy (non-hydrogen) atoms. The van der Waals surface area contributed by atoms with Gasteiger partial charge in [-0.2, -0.15) is 0 Å². The fourth-order valence-electron chi connectivity index (χ4n) is 1.23. The summed E-state index contributed by atoms with van der Waals surface area (Å²) in [5.41, 5.74) is 1.12. The number of nitrogens with zero attached hydrogens (tertiary/aromatic N) is 1. The highest BCUT2D eigenvalue weighted by Crippen LogP contribution is 2.28. The Bertz CT molecular complexity index is 521. The van der Waals surface area contributed by atoms with Gasteiger partial charge in [0.05, 0.1) is 20.8 Å². The average Bonchev–Trinajstić information content (AvgIpc) is 2.42. The largest absolute Gasteiger partial charge is 0.478 e. The Labute approximate surface area is 92.5 Å². The molecule has 1 heterocycles. The molecule has 0 fully saturated rings. The van der Waals surface area contributed by atoms with Crippen LogP contribution >= 0.6 is 27.3 Å². The standard InChI is InChI=1S/C9H6BrNO2S/c1-4-11-7-3-6(10)5(9(12)13)2-8(7)14-4/h2-3H,1H3,(H,12,13). The van der Waals surface area contributed by atoms with E-state index in [1.54, 1.807) is 12.1 Å². The van der Waals surface area contributed by atoms with Crippen molar-refractivity contribution in [2.24, 2.45) is 0 Å². The zero-order chi connectivity index (χ0) is 10.3. The van der Waals surface area contributed by atoms with E-state index < -0.39 is 5.97 Å². The molecule has 0 aliphatic rings. The maximum absolute atomic E-state index is 10.8. The summed E-state index contributed by atoms with van der Waals surface area (Å²) in [5.74, 6) is -0.926. The first-order chi connectivity index (χ1) is 6.58. The minimum Gasteiger partial charge on any atom is -0.478 e. The molecule has 0 radical (unpaired) electrons. The number of thiazole rings is 1. The molecule has 0 unspecified atom stereocenters. The van der Waals surface area contributed by atoms with E-state index in [2.05, 4.69) is 20.9 Å². The van der Waals surface area contributed by atoms with E-state index in [9.17, 15) is 4.79 Å². The van der Waals surface area contributed by atoms with Gasteiger partial charge in [0.25, 0.3) is 0 Å². The fraction of sp³-hybridized carbons (Fsp3) is 0.111. The predicted molar refractivity (Wildman–Crippen MR) is 59.0 cm³/mol. The molecule has 2 rings (SSSR count). The zero-order valence-corrected chi connectivity index (χ0v) is 9.65. The van der Waals surface area contributed by atoms with Crippen molar-refractivity contribution in [2.75, 3.05) is 0 Å². The van der Waals surface area contributed by atoms with Crippen LogP contribution in [0.3, 0.4) is 0 Å². The highest BCUT2D eigenvalue weighted by Gasteiger charge is 2.11. The first kappa shape index (κ1) is 9.61. The third-order valence-electron chi connectivity index (χ3n) is 1.81. The number of benzene rings is 1. The quantitative estimate of drug-likeness (QED) is 0.867. The fourth-order valence-corrected chi connectivity index (χ4v) is 2.58. The Kier molecular flexibility index (Phi) is 2.28. The number of carbonyl (C=O) groups is 1. The molecule has 5 heteroatoms. The summed E-state index contributed by atoms with van der Waals surface area (Å²) in [7, 11) is 0. The van der Waals surface area contributed by atoms with Crippen LogP contribution < -0.4 is 0 Å². The van der Waals surface area contributed by atoms with E-state index in [4.69, 9.17) is 5.11 Å². The molecule has 0 aliphatic heterocycles. The molecule has 0 bridgehead atoms. The molecule has 72 valence electrons. The van der Waals surface area contributed by atoms with Crippen LogP contribution in [0, 0.1) is 6.92 Å². The Morgan fingerprint density at radius 3 is 2.93 bits per heavy atom. The number of hydrogen-bond acceptors (Lipinski definition) is 3. The van der Waals surface area contributed by atoms with Crippen molar-refractivity contribution >= 4 is 43.5 Å². The monoisotopic (exact) mass is 271 g/mol. The van der Waals surface area contributed by atoms with Crippen LogP contribution in [-0.4, -0.2) is 16.1 Å². The third-order valence-corrected chi connectivity index (χ3v) is 3.40. The molecule has 0 aliphatic carbocycles. The number of hydrogen-bond donors (Lipinski definition) is 1. The van der Waals surface area contributed by atoms with Crippen molar-refractivity contribution in [1.29, 1.82) is 0 Å². The van der Waals surface area contributed by atoms with Gasteiger partial charge in [0.2, 0.25) is 0 Å². The SMILES string of the molecule is Cc1nc2cc(Br)c(C(=O)O)cc2s1. The van der Waals surface area contributed by atoms with Gasteiger partial charge in [0.1, 0.15) is 0 Å². The number of rotatable bonds is 1. The summed E-state index contributed by atoms with van der Waals surface area (Å²) >= 11 is 4.71. The number of carboxylic acid groups (broad SMARTS) is 1. The molecule has 1 N–H and O–H groups in total. The highest BCUT2D eigenvalue weighted by atomic mass is 79.9. The molecule has 0 saturated carbocycles. The molecule has 2 aromatic rings. The lowest BCUT2D eigenvalue weighted by Gasteiger charge is -1.97. The maximum atomic E-state index is 10.8. The van der Waals surface area contributed by atoms with Gasteiger partial charge in [-0.05, 0) is 35.0 Å². The summed E-state index contributed by atoms with van der Waals surface area (Å²) in [6, 6.07) is 3.38. The molecule has 1 aromatic carbocycles. The van der Waals surface area contributed by atoms with E-state index in [1.807, 2.05) is 6.92 Å². The summed E-state index contributed by atoms with van der Waals surface area (Å²) in [6.07, 6.45) is 0. The van der Waals surface area contributed by atoms with Gasteiger partial charge in [-0.3, -0.25) is 0 Å². The van der Waals surface area contributed by atoms with Gasteiger partial charge < -0.3 is 5.11 Å². The van der Waals surface area contributed by atoms with Crippen LogP contribution in [0.4, 0.5) is 0 Å². The number of fused-ring (bicyclic) bond motifs is 1. The second-order valence-electron chi connectivity index (χ2n) is 2.84.